The topological polar surface area (TPSA) is 58.9 Å². The monoisotopic (exact) mass is 193 g/mol. The summed E-state index contributed by atoms with van der Waals surface area (Å²) in [6.45, 7) is 1.45. The Morgan fingerprint density at radius 3 is 2.36 bits per heavy atom. The minimum Gasteiger partial charge on any atom is -0.497 e. The third kappa shape index (κ3) is 2.10. The van der Waals surface area contributed by atoms with Gasteiger partial charge in [-0.2, -0.15) is 0 Å². The van der Waals surface area contributed by atoms with Gasteiger partial charge < -0.3 is 9.94 Å². The number of Topliss-reactive ketones (excluding diaryl/α,β-unsaturated/α-hetero) is 1. The van der Waals surface area contributed by atoms with E-state index in [2.05, 4.69) is 5.16 Å². The van der Waals surface area contributed by atoms with Crippen molar-refractivity contribution < 1.29 is 14.7 Å². The molecular weight excluding hydrogens is 182 g/mol. The molecule has 0 saturated carbocycles. The molecule has 1 aromatic rings. The zero-order valence-electron chi connectivity index (χ0n) is 8.02. The number of nitrogens with zero attached hydrogens (tertiary/aromatic N) is 1. The summed E-state index contributed by atoms with van der Waals surface area (Å²) in [5.74, 6) is 0.385. The zero-order chi connectivity index (χ0) is 10.6. The highest BCUT2D eigenvalue weighted by Crippen LogP contribution is 2.11. The van der Waals surface area contributed by atoms with Crippen LogP contribution < -0.4 is 4.74 Å². The molecule has 0 aliphatic rings. The van der Waals surface area contributed by atoms with Crippen molar-refractivity contribution in [1.82, 2.24) is 0 Å². The molecule has 4 heteroatoms. The molecule has 0 spiro atoms. The van der Waals surface area contributed by atoms with Crippen molar-refractivity contribution in [2.75, 3.05) is 7.11 Å². The van der Waals surface area contributed by atoms with E-state index in [4.69, 9.17) is 9.94 Å². The van der Waals surface area contributed by atoms with Gasteiger partial charge in [0.1, 0.15) is 11.5 Å². The van der Waals surface area contributed by atoms with Gasteiger partial charge in [-0.15, -0.1) is 0 Å². The highest BCUT2D eigenvalue weighted by molar-refractivity contribution is 6.45. The first kappa shape index (κ1) is 10.2. The van der Waals surface area contributed by atoms with Gasteiger partial charge in [0.05, 0.1) is 7.11 Å². The molecule has 0 unspecified atom stereocenters. The summed E-state index contributed by atoms with van der Waals surface area (Å²) in [6.07, 6.45) is 0. The molecule has 0 amide bonds. The predicted octanol–water partition coefficient (Wildman–Crippen LogP) is 1.73. The maximum absolute atomic E-state index is 11.4. The SMILES string of the molecule is COc1ccc(C(=O)/C(C)=N/O)cc1. The van der Waals surface area contributed by atoms with Crippen molar-refractivity contribution in [2.24, 2.45) is 5.16 Å². The number of ketones is 1. The van der Waals surface area contributed by atoms with Crippen LogP contribution in [0.1, 0.15) is 17.3 Å². The van der Waals surface area contributed by atoms with Crippen LogP contribution in [0.2, 0.25) is 0 Å². The molecule has 0 aromatic heterocycles. The Kier molecular flexibility index (Phi) is 3.23. The Morgan fingerprint density at radius 2 is 1.93 bits per heavy atom. The van der Waals surface area contributed by atoms with Gasteiger partial charge in [0.15, 0.2) is 0 Å². The Morgan fingerprint density at radius 1 is 1.36 bits per heavy atom. The highest BCUT2D eigenvalue weighted by Gasteiger charge is 2.09. The average molecular weight is 193 g/mol. The fraction of sp³-hybridized carbons (Fsp3) is 0.200. The first-order valence-electron chi connectivity index (χ1n) is 4.06. The van der Waals surface area contributed by atoms with E-state index in [1.165, 1.54) is 6.92 Å². The zero-order valence-corrected chi connectivity index (χ0v) is 8.02. The number of carbonyl (C=O) groups excluding carboxylic acids is 1. The van der Waals surface area contributed by atoms with Crippen LogP contribution >= 0.6 is 0 Å². The smallest absolute Gasteiger partial charge is 0.210 e. The molecule has 0 saturated heterocycles. The van der Waals surface area contributed by atoms with Gasteiger partial charge in [-0.3, -0.25) is 4.79 Å². The molecule has 0 bridgehead atoms. The summed E-state index contributed by atoms with van der Waals surface area (Å²) in [4.78, 5) is 11.4. The number of carbonyl (C=O) groups is 1. The van der Waals surface area contributed by atoms with E-state index in [1.54, 1.807) is 31.4 Å². The van der Waals surface area contributed by atoms with Gasteiger partial charge in [0, 0.05) is 5.56 Å². The molecule has 0 atom stereocenters. The molecule has 1 aromatic carbocycles. The minimum atomic E-state index is -0.296. The highest BCUT2D eigenvalue weighted by atomic mass is 16.5. The van der Waals surface area contributed by atoms with E-state index in [-0.39, 0.29) is 11.5 Å². The third-order valence-electron chi connectivity index (χ3n) is 1.83. The van der Waals surface area contributed by atoms with Gasteiger partial charge in [0.2, 0.25) is 5.78 Å². The first-order chi connectivity index (χ1) is 6.69. The van der Waals surface area contributed by atoms with Crippen molar-refractivity contribution in [3.63, 3.8) is 0 Å². The van der Waals surface area contributed by atoms with Crippen LogP contribution in [-0.2, 0) is 0 Å². The predicted molar refractivity (Wildman–Crippen MR) is 52.2 cm³/mol. The fourth-order valence-corrected chi connectivity index (χ4v) is 0.997. The van der Waals surface area contributed by atoms with E-state index in [1.807, 2.05) is 0 Å². The number of oxime groups is 1. The summed E-state index contributed by atoms with van der Waals surface area (Å²) in [6, 6.07) is 6.60. The van der Waals surface area contributed by atoms with Crippen LogP contribution in [0, 0.1) is 0 Å². The molecule has 4 nitrogen and oxygen atoms in total. The number of ether oxygens (including phenoxy) is 1. The van der Waals surface area contributed by atoms with Crippen LogP contribution in [0.5, 0.6) is 5.75 Å². The molecule has 14 heavy (non-hydrogen) atoms. The molecule has 1 rings (SSSR count). The van der Waals surface area contributed by atoms with Crippen LogP contribution in [0.15, 0.2) is 29.4 Å². The average Bonchev–Trinajstić information content (AvgIpc) is 2.27. The second-order valence-electron chi connectivity index (χ2n) is 2.74. The van der Waals surface area contributed by atoms with Gasteiger partial charge in [-0.25, -0.2) is 0 Å². The quantitative estimate of drug-likeness (QED) is 0.344. The lowest BCUT2D eigenvalue weighted by Gasteiger charge is -2.01. The summed E-state index contributed by atoms with van der Waals surface area (Å²) in [5, 5.41) is 11.3. The van der Waals surface area contributed by atoms with E-state index in [0.29, 0.717) is 11.3 Å². The van der Waals surface area contributed by atoms with Crippen LogP contribution in [0.4, 0.5) is 0 Å². The van der Waals surface area contributed by atoms with Gasteiger partial charge in [-0.1, -0.05) is 5.16 Å². The Hall–Kier alpha value is -1.84. The normalized spacial score (nSPS) is 11.1. The summed E-state index contributed by atoms with van der Waals surface area (Å²) in [5.41, 5.74) is 0.538. The molecule has 0 fully saturated rings. The maximum Gasteiger partial charge on any atom is 0.210 e. The lowest BCUT2D eigenvalue weighted by molar-refractivity contribution is 0.106. The van der Waals surface area contributed by atoms with E-state index in [9.17, 15) is 4.79 Å². The van der Waals surface area contributed by atoms with Crippen molar-refractivity contribution in [1.29, 1.82) is 0 Å². The van der Waals surface area contributed by atoms with E-state index in [0.717, 1.165) is 0 Å². The second kappa shape index (κ2) is 4.41. The maximum atomic E-state index is 11.4. The van der Waals surface area contributed by atoms with Crippen molar-refractivity contribution in [2.45, 2.75) is 6.92 Å². The fourth-order valence-electron chi connectivity index (χ4n) is 0.997. The van der Waals surface area contributed by atoms with E-state index >= 15 is 0 Å². The Bertz CT molecular complexity index is 354. The number of hydrogen-bond donors (Lipinski definition) is 1. The lowest BCUT2D eigenvalue weighted by Crippen LogP contribution is -2.10. The standard InChI is InChI=1S/C10H11NO3/c1-7(11-13)10(12)8-3-5-9(14-2)6-4-8/h3-6,13H,1-2H3/b11-7+. The van der Waals surface area contributed by atoms with Crippen molar-refractivity contribution in [3.05, 3.63) is 29.8 Å². The Labute approximate surface area is 81.8 Å². The van der Waals surface area contributed by atoms with Gasteiger partial charge in [0.25, 0.3) is 0 Å². The molecule has 0 aliphatic heterocycles. The Balaban J connectivity index is 2.92. The molecular formula is C10H11NO3. The second-order valence-corrected chi connectivity index (χ2v) is 2.74. The van der Waals surface area contributed by atoms with Crippen LogP contribution in [-0.4, -0.2) is 23.8 Å². The van der Waals surface area contributed by atoms with E-state index < -0.39 is 0 Å². The summed E-state index contributed by atoms with van der Waals surface area (Å²) >= 11 is 0. The van der Waals surface area contributed by atoms with Crippen LogP contribution in [0.25, 0.3) is 0 Å². The van der Waals surface area contributed by atoms with Crippen molar-refractivity contribution in [3.8, 4) is 5.75 Å². The van der Waals surface area contributed by atoms with Crippen molar-refractivity contribution >= 4 is 11.5 Å². The summed E-state index contributed by atoms with van der Waals surface area (Å²) in [7, 11) is 1.55. The number of hydrogen-bond acceptors (Lipinski definition) is 4. The molecule has 0 radical (unpaired) electrons. The van der Waals surface area contributed by atoms with Gasteiger partial charge in [-0.05, 0) is 31.2 Å². The minimum absolute atomic E-state index is 0.0650. The van der Waals surface area contributed by atoms with Crippen LogP contribution in [0.3, 0.4) is 0 Å². The number of rotatable bonds is 3. The largest absolute Gasteiger partial charge is 0.497 e. The first-order valence-corrected chi connectivity index (χ1v) is 4.06. The molecule has 0 heterocycles. The number of benzene rings is 1. The van der Waals surface area contributed by atoms with Gasteiger partial charge >= 0.3 is 0 Å². The summed E-state index contributed by atoms with van der Waals surface area (Å²) < 4.78 is 4.94. The lowest BCUT2D eigenvalue weighted by atomic mass is 10.1. The molecule has 74 valence electrons. The molecule has 1 N–H and O–H groups in total. The molecule has 0 aliphatic carbocycles. The third-order valence-corrected chi connectivity index (χ3v) is 1.83. The number of methoxy groups -OCH3 is 1.